The average Bonchev–Trinajstić information content (AvgIpc) is 2.53. The molecule has 2 rings (SSSR count). The Kier molecular flexibility index (Phi) is 5.20. The van der Waals surface area contributed by atoms with Crippen molar-refractivity contribution in [2.24, 2.45) is 0 Å². The molecule has 2 aromatic carbocycles. The van der Waals surface area contributed by atoms with E-state index in [1.54, 1.807) is 24.3 Å². The van der Waals surface area contributed by atoms with Crippen LogP contribution in [0, 0.1) is 0 Å². The molecule has 1 amide bonds. The number of aliphatic hydroxyl groups is 1. The Morgan fingerprint density at radius 1 is 1.29 bits per heavy atom. The zero-order valence-corrected chi connectivity index (χ0v) is 12.3. The summed E-state index contributed by atoms with van der Waals surface area (Å²) in [5.74, 6) is 0.0930. The highest BCUT2D eigenvalue weighted by atomic mass is 35.5. The van der Waals surface area contributed by atoms with E-state index >= 15 is 0 Å². The van der Waals surface area contributed by atoms with E-state index < -0.39 is 6.10 Å². The van der Waals surface area contributed by atoms with Gasteiger partial charge >= 0.3 is 0 Å². The van der Waals surface area contributed by atoms with Crippen LogP contribution in [0.15, 0.2) is 48.5 Å². The van der Waals surface area contributed by atoms with E-state index in [0.29, 0.717) is 16.3 Å². The van der Waals surface area contributed by atoms with Crippen molar-refractivity contribution in [1.29, 1.82) is 0 Å². The van der Waals surface area contributed by atoms with E-state index in [1.807, 2.05) is 18.2 Å². The number of rotatable bonds is 5. The second-order valence-corrected chi connectivity index (χ2v) is 4.92. The molecule has 0 saturated carbocycles. The lowest BCUT2D eigenvalue weighted by Gasteiger charge is -2.13. The lowest BCUT2D eigenvalue weighted by Crippen LogP contribution is -2.28. The number of halogens is 1. The van der Waals surface area contributed by atoms with Crippen molar-refractivity contribution in [3.05, 3.63) is 64.7 Å². The predicted octanol–water partition coefficient (Wildman–Crippen LogP) is 2.81. The van der Waals surface area contributed by atoms with Crippen molar-refractivity contribution < 1.29 is 14.6 Å². The Morgan fingerprint density at radius 2 is 2.00 bits per heavy atom. The molecule has 21 heavy (non-hydrogen) atoms. The summed E-state index contributed by atoms with van der Waals surface area (Å²) in [6.07, 6.45) is -0.764. The van der Waals surface area contributed by atoms with Gasteiger partial charge in [-0.1, -0.05) is 41.9 Å². The van der Waals surface area contributed by atoms with Crippen LogP contribution in [-0.2, 0) is 0 Å². The Labute approximate surface area is 128 Å². The lowest BCUT2D eigenvalue weighted by atomic mass is 10.1. The van der Waals surface area contributed by atoms with Gasteiger partial charge in [-0.15, -0.1) is 0 Å². The number of amides is 1. The normalized spacial score (nSPS) is 11.8. The molecule has 2 aromatic rings. The topological polar surface area (TPSA) is 58.6 Å². The van der Waals surface area contributed by atoms with Gasteiger partial charge in [0.15, 0.2) is 0 Å². The molecule has 0 fully saturated rings. The number of hydrogen-bond acceptors (Lipinski definition) is 3. The Bertz CT molecular complexity index is 616. The van der Waals surface area contributed by atoms with E-state index in [0.717, 1.165) is 5.56 Å². The monoisotopic (exact) mass is 305 g/mol. The summed E-state index contributed by atoms with van der Waals surface area (Å²) in [4.78, 5) is 12.2. The van der Waals surface area contributed by atoms with Gasteiger partial charge in [-0.2, -0.15) is 0 Å². The first-order valence-electron chi connectivity index (χ1n) is 6.46. The number of carbonyl (C=O) groups is 1. The van der Waals surface area contributed by atoms with E-state index in [9.17, 15) is 9.90 Å². The molecule has 110 valence electrons. The van der Waals surface area contributed by atoms with Gasteiger partial charge in [0, 0.05) is 11.6 Å². The first-order valence-corrected chi connectivity index (χ1v) is 6.84. The summed E-state index contributed by atoms with van der Waals surface area (Å²) in [6.45, 7) is 0.110. The zero-order valence-electron chi connectivity index (χ0n) is 11.5. The van der Waals surface area contributed by atoms with Crippen LogP contribution in [0.5, 0.6) is 5.75 Å². The Morgan fingerprint density at radius 3 is 2.67 bits per heavy atom. The van der Waals surface area contributed by atoms with Crippen LogP contribution in [0.3, 0.4) is 0 Å². The highest BCUT2D eigenvalue weighted by Crippen LogP contribution is 2.22. The fourth-order valence-corrected chi connectivity index (χ4v) is 2.11. The highest BCUT2D eigenvalue weighted by Gasteiger charge is 2.14. The van der Waals surface area contributed by atoms with Crippen LogP contribution < -0.4 is 10.1 Å². The molecule has 5 heteroatoms. The summed E-state index contributed by atoms with van der Waals surface area (Å²) in [7, 11) is 1.48. The quantitative estimate of drug-likeness (QED) is 0.893. The van der Waals surface area contributed by atoms with E-state index in [-0.39, 0.29) is 12.5 Å². The number of benzene rings is 2. The number of aliphatic hydroxyl groups excluding tert-OH is 1. The van der Waals surface area contributed by atoms with Gasteiger partial charge in [-0.05, 0) is 23.8 Å². The standard InChI is InChI=1S/C16H16ClNO3/c1-21-15-8-7-12(17)9-13(15)16(20)18-10-14(19)11-5-3-2-4-6-11/h2-9,14,19H,10H2,1H3,(H,18,20). The minimum atomic E-state index is -0.764. The molecule has 0 bridgehead atoms. The van der Waals surface area contributed by atoms with Crippen molar-refractivity contribution in [3.8, 4) is 5.75 Å². The fraction of sp³-hybridized carbons (Fsp3) is 0.188. The zero-order chi connectivity index (χ0) is 15.2. The summed E-state index contributed by atoms with van der Waals surface area (Å²) < 4.78 is 5.13. The van der Waals surface area contributed by atoms with Crippen LogP contribution >= 0.6 is 11.6 Å². The molecular formula is C16H16ClNO3. The van der Waals surface area contributed by atoms with E-state index in [1.165, 1.54) is 13.2 Å². The van der Waals surface area contributed by atoms with Gasteiger partial charge < -0.3 is 15.2 Å². The van der Waals surface area contributed by atoms with Gasteiger partial charge in [0.2, 0.25) is 0 Å². The third-order valence-corrected chi connectivity index (χ3v) is 3.28. The second kappa shape index (κ2) is 7.11. The molecule has 0 spiro atoms. The number of nitrogens with one attached hydrogen (secondary N) is 1. The maximum atomic E-state index is 12.2. The average molecular weight is 306 g/mol. The Balaban J connectivity index is 2.04. The van der Waals surface area contributed by atoms with Crippen molar-refractivity contribution in [2.75, 3.05) is 13.7 Å². The summed E-state index contributed by atoms with van der Waals surface area (Å²) in [5, 5.41) is 13.1. The van der Waals surface area contributed by atoms with Crippen LogP contribution in [0.4, 0.5) is 0 Å². The molecule has 0 saturated heterocycles. The largest absolute Gasteiger partial charge is 0.496 e. The SMILES string of the molecule is COc1ccc(Cl)cc1C(=O)NCC(O)c1ccccc1. The van der Waals surface area contributed by atoms with E-state index in [4.69, 9.17) is 16.3 Å². The maximum absolute atomic E-state index is 12.2. The third-order valence-electron chi connectivity index (χ3n) is 3.05. The Hall–Kier alpha value is -2.04. The molecule has 1 unspecified atom stereocenters. The first-order chi connectivity index (χ1) is 10.1. The molecule has 0 aromatic heterocycles. The molecule has 0 aliphatic rings. The number of methoxy groups -OCH3 is 1. The summed E-state index contributed by atoms with van der Waals surface area (Å²) >= 11 is 5.89. The van der Waals surface area contributed by atoms with Crippen molar-refractivity contribution >= 4 is 17.5 Å². The van der Waals surface area contributed by atoms with E-state index in [2.05, 4.69) is 5.32 Å². The lowest BCUT2D eigenvalue weighted by molar-refractivity contribution is 0.0913. The first kappa shape index (κ1) is 15.4. The van der Waals surface area contributed by atoms with Crippen molar-refractivity contribution in [3.63, 3.8) is 0 Å². The van der Waals surface area contributed by atoms with Gasteiger partial charge in [0.1, 0.15) is 5.75 Å². The van der Waals surface area contributed by atoms with Gasteiger partial charge in [0.05, 0.1) is 18.8 Å². The van der Waals surface area contributed by atoms with Gasteiger partial charge in [-0.3, -0.25) is 4.79 Å². The highest BCUT2D eigenvalue weighted by molar-refractivity contribution is 6.31. The predicted molar refractivity (Wildman–Crippen MR) is 81.7 cm³/mol. The number of ether oxygens (including phenoxy) is 1. The summed E-state index contributed by atoms with van der Waals surface area (Å²) in [6, 6.07) is 13.9. The molecular weight excluding hydrogens is 290 g/mol. The van der Waals surface area contributed by atoms with Crippen molar-refractivity contribution in [2.45, 2.75) is 6.10 Å². The molecule has 0 aliphatic heterocycles. The van der Waals surface area contributed by atoms with Crippen molar-refractivity contribution in [1.82, 2.24) is 5.32 Å². The maximum Gasteiger partial charge on any atom is 0.255 e. The van der Waals surface area contributed by atoms with Crippen LogP contribution in [0.2, 0.25) is 5.02 Å². The minimum Gasteiger partial charge on any atom is -0.496 e. The number of carbonyl (C=O) groups excluding carboxylic acids is 1. The molecule has 4 nitrogen and oxygen atoms in total. The smallest absolute Gasteiger partial charge is 0.255 e. The number of hydrogen-bond donors (Lipinski definition) is 2. The minimum absolute atomic E-state index is 0.110. The third kappa shape index (κ3) is 3.97. The van der Waals surface area contributed by atoms with Crippen LogP contribution in [-0.4, -0.2) is 24.7 Å². The van der Waals surface area contributed by atoms with Crippen LogP contribution in [0.25, 0.3) is 0 Å². The van der Waals surface area contributed by atoms with Gasteiger partial charge in [0.25, 0.3) is 5.91 Å². The fourth-order valence-electron chi connectivity index (χ4n) is 1.94. The molecule has 0 radical (unpaired) electrons. The molecule has 2 N–H and O–H groups in total. The summed E-state index contributed by atoms with van der Waals surface area (Å²) in [5.41, 5.74) is 1.08. The van der Waals surface area contributed by atoms with Gasteiger partial charge in [-0.25, -0.2) is 0 Å². The molecule has 0 heterocycles. The second-order valence-electron chi connectivity index (χ2n) is 4.48. The molecule has 1 atom stereocenters. The van der Waals surface area contributed by atoms with Crippen LogP contribution in [0.1, 0.15) is 22.0 Å². The molecule has 0 aliphatic carbocycles.